The van der Waals surface area contributed by atoms with Crippen molar-refractivity contribution in [1.29, 1.82) is 0 Å². The standard InChI is InChI=1S/C17H29N3O/c1-14(12-18-3)17(21)19-11-10-15(2)20(4)13-16-8-6-5-7-9-16/h5-9,14-15,18H,10-13H2,1-4H3,(H,19,21). The van der Waals surface area contributed by atoms with Gasteiger partial charge in [-0.05, 0) is 33.0 Å². The fourth-order valence-corrected chi connectivity index (χ4v) is 2.22. The molecule has 0 bridgehead atoms. The topological polar surface area (TPSA) is 44.4 Å². The van der Waals surface area contributed by atoms with E-state index in [9.17, 15) is 4.79 Å². The summed E-state index contributed by atoms with van der Waals surface area (Å²) < 4.78 is 0. The van der Waals surface area contributed by atoms with Gasteiger partial charge in [-0.15, -0.1) is 0 Å². The lowest BCUT2D eigenvalue weighted by Crippen LogP contribution is -2.37. The minimum atomic E-state index is 0.0207. The highest BCUT2D eigenvalue weighted by Crippen LogP contribution is 2.08. The summed E-state index contributed by atoms with van der Waals surface area (Å²) in [4.78, 5) is 14.1. The molecule has 2 N–H and O–H groups in total. The molecular formula is C17H29N3O. The van der Waals surface area contributed by atoms with Gasteiger partial charge in [-0.1, -0.05) is 37.3 Å². The van der Waals surface area contributed by atoms with Crippen molar-refractivity contribution >= 4 is 5.91 Å². The molecule has 118 valence electrons. The summed E-state index contributed by atoms with van der Waals surface area (Å²) in [5.74, 6) is 0.148. The lowest BCUT2D eigenvalue weighted by molar-refractivity contribution is -0.124. The zero-order chi connectivity index (χ0) is 15.7. The van der Waals surface area contributed by atoms with Gasteiger partial charge in [0.2, 0.25) is 5.91 Å². The first-order valence-electron chi connectivity index (χ1n) is 7.71. The van der Waals surface area contributed by atoms with Gasteiger partial charge in [-0.25, -0.2) is 0 Å². The maximum Gasteiger partial charge on any atom is 0.224 e. The van der Waals surface area contributed by atoms with E-state index in [4.69, 9.17) is 0 Å². The van der Waals surface area contributed by atoms with E-state index < -0.39 is 0 Å². The van der Waals surface area contributed by atoms with Crippen LogP contribution in [0, 0.1) is 5.92 Å². The van der Waals surface area contributed by atoms with Gasteiger partial charge in [0.05, 0.1) is 0 Å². The fraction of sp³-hybridized carbons (Fsp3) is 0.588. The lowest BCUT2D eigenvalue weighted by Gasteiger charge is -2.25. The molecule has 0 saturated heterocycles. The molecule has 0 radical (unpaired) electrons. The Morgan fingerprint density at radius 2 is 1.90 bits per heavy atom. The van der Waals surface area contributed by atoms with E-state index in [0.29, 0.717) is 6.04 Å². The zero-order valence-electron chi connectivity index (χ0n) is 13.7. The SMILES string of the molecule is CNCC(C)C(=O)NCCC(C)N(C)Cc1ccccc1. The van der Waals surface area contributed by atoms with E-state index in [-0.39, 0.29) is 11.8 Å². The molecule has 0 saturated carbocycles. The number of nitrogens with one attached hydrogen (secondary N) is 2. The highest BCUT2D eigenvalue weighted by molar-refractivity contribution is 5.78. The van der Waals surface area contributed by atoms with Crippen LogP contribution in [-0.2, 0) is 11.3 Å². The van der Waals surface area contributed by atoms with E-state index in [1.54, 1.807) is 0 Å². The van der Waals surface area contributed by atoms with Crippen LogP contribution in [0.1, 0.15) is 25.8 Å². The zero-order valence-corrected chi connectivity index (χ0v) is 13.7. The average molecular weight is 291 g/mol. The number of hydrogen-bond donors (Lipinski definition) is 2. The summed E-state index contributed by atoms with van der Waals surface area (Å²) in [5.41, 5.74) is 1.32. The normalized spacial score (nSPS) is 14.0. The second-order valence-corrected chi connectivity index (χ2v) is 5.79. The van der Waals surface area contributed by atoms with Crippen molar-refractivity contribution < 1.29 is 4.79 Å². The van der Waals surface area contributed by atoms with E-state index >= 15 is 0 Å². The molecule has 1 aromatic rings. The molecule has 1 aromatic carbocycles. The predicted octanol–water partition coefficient (Wildman–Crippen LogP) is 1.87. The predicted molar refractivity (Wildman–Crippen MR) is 88.1 cm³/mol. The molecule has 0 aliphatic rings. The summed E-state index contributed by atoms with van der Waals surface area (Å²) in [6.07, 6.45) is 0.960. The number of amides is 1. The van der Waals surface area contributed by atoms with E-state index in [1.165, 1.54) is 5.56 Å². The van der Waals surface area contributed by atoms with Crippen molar-refractivity contribution in [2.45, 2.75) is 32.9 Å². The van der Waals surface area contributed by atoms with Crippen molar-refractivity contribution in [3.05, 3.63) is 35.9 Å². The Hall–Kier alpha value is -1.39. The van der Waals surface area contributed by atoms with Crippen LogP contribution in [0.5, 0.6) is 0 Å². The first-order valence-corrected chi connectivity index (χ1v) is 7.71. The van der Waals surface area contributed by atoms with E-state index in [1.807, 2.05) is 20.0 Å². The highest BCUT2D eigenvalue weighted by atomic mass is 16.1. The molecule has 4 nitrogen and oxygen atoms in total. The van der Waals surface area contributed by atoms with Crippen LogP contribution in [0.25, 0.3) is 0 Å². The largest absolute Gasteiger partial charge is 0.356 e. The first-order chi connectivity index (χ1) is 10.0. The third-order valence-corrected chi connectivity index (χ3v) is 3.85. The van der Waals surface area contributed by atoms with Gasteiger partial charge in [0.15, 0.2) is 0 Å². The number of nitrogens with zero attached hydrogens (tertiary/aromatic N) is 1. The van der Waals surface area contributed by atoms with Gasteiger partial charge in [-0.3, -0.25) is 9.69 Å². The molecule has 1 amide bonds. The summed E-state index contributed by atoms with van der Waals surface area (Å²) in [6.45, 7) is 6.53. The molecule has 0 fully saturated rings. The summed E-state index contributed by atoms with van der Waals surface area (Å²) in [5, 5.41) is 6.04. The second kappa shape index (κ2) is 9.53. The molecule has 0 heterocycles. The highest BCUT2D eigenvalue weighted by Gasteiger charge is 2.13. The molecule has 1 rings (SSSR count). The Bertz CT molecular complexity index is 408. The van der Waals surface area contributed by atoms with Crippen LogP contribution in [0.15, 0.2) is 30.3 Å². The van der Waals surface area contributed by atoms with Crippen LogP contribution in [0.3, 0.4) is 0 Å². The molecule has 4 heteroatoms. The molecule has 0 spiro atoms. The Morgan fingerprint density at radius 3 is 2.52 bits per heavy atom. The van der Waals surface area contributed by atoms with Crippen molar-refractivity contribution in [3.63, 3.8) is 0 Å². The minimum Gasteiger partial charge on any atom is -0.356 e. The van der Waals surface area contributed by atoms with Crippen molar-refractivity contribution in [2.75, 3.05) is 27.2 Å². The van der Waals surface area contributed by atoms with Gasteiger partial charge in [-0.2, -0.15) is 0 Å². The van der Waals surface area contributed by atoms with E-state index in [2.05, 4.69) is 53.8 Å². The lowest BCUT2D eigenvalue weighted by atomic mass is 10.1. The maximum absolute atomic E-state index is 11.8. The number of carbonyl (C=O) groups is 1. The van der Waals surface area contributed by atoms with E-state index in [0.717, 1.165) is 26.1 Å². The molecule has 0 aromatic heterocycles. The number of hydrogen-bond acceptors (Lipinski definition) is 3. The van der Waals surface area contributed by atoms with Crippen molar-refractivity contribution in [1.82, 2.24) is 15.5 Å². The van der Waals surface area contributed by atoms with Gasteiger partial charge < -0.3 is 10.6 Å². The van der Waals surface area contributed by atoms with Crippen LogP contribution in [-0.4, -0.2) is 44.0 Å². The number of carbonyl (C=O) groups excluding carboxylic acids is 1. The van der Waals surface area contributed by atoms with Crippen LogP contribution >= 0.6 is 0 Å². The molecule has 21 heavy (non-hydrogen) atoms. The Balaban J connectivity index is 2.27. The van der Waals surface area contributed by atoms with Crippen LogP contribution in [0.4, 0.5) is 0 Å². The molecule has 0 aliphatic carbocycles. The molecule has 2 unspecified atom stereocenters. The summed E-state index contributed by atoms with van der Waals surface area (Å²) in [7, 11) is 3.99. The summed E-state index contributed by atoms with van der Waals surface area (Å²) in [6, 6.07) is 10.9. The van der Waals surface area contributed by atoms with Gasteiger partial charge in [0.1, 0.15) is 0 Å². The second-order valence-electron chi connectivity index (χ2n) is 5.79. The summed E-state index contributed by atoms with van der Waals surface area (Å²) >= 11 is 0. The minimum absolute atomic E-state index is 0.0207. The van der Waals surface area contributed by atoms with Gasteiger partial charge in [0, 0.05) is 31.6 Å². The van der Waals surface area contributed by atoms with Gasteiger partial charge in [0.25, 0.3) is 0 Å². The third-order valence-electron chi connectivity index (χ3n) is 3.85. The molecule has 0 aliphatic heterocycles. The number of benzene rings is 1. The monoisotopic (exact) mass is 291 g/mol. The van der Waals surface area contributed by atoms with Crippen LogP contribution < -0.4 is 10.6 Å². The Kier molecular flexibility index (Phi) is 8.01. The van der Waals surface area contributed by atoms with Crippen LogP contribution in [0.2, 0.25) is 0 Å². The Morgan fingerprint density at radius 1 is 1.24 bits per heavy atom. The maximum atomic E-state index is 11.8. The molecular weight excluding hydrogens is 262 g/mol. The fourth-order valence-electron chi connectivity index (χ4n) is 2.22. The smallest absolute Gasteiger partial charge is 0.224 e. The molecule has 2 atom stereocenters. The average Bonchev–Trinajstić information content (AvgIpc) is 2.48. The van der Waals surface area contributed by atoms with Gasteiger partial charge >= 0.3 is 0 Å². The Labute approximate surface area is 128 Å². The number of rotatable bonds is 9. The van der Waals surface area contributed by atoms with Crippen molar-refractivity contribution in [3.8, 4) is 0 Å². The quantitative estimate of drug-likeness (QED) is 0.730. The van der Waals surface area contributed by atoms with Crippen molar-refractivity contribution in [2.24, 2.45) is 5.92 Å². The third kappa shape index (κ3) is 6.74. The first kappa shape index (κ1) is 17.7.